The number of ether oxygens (including phenoxy) is 2. The highest BCUT2D eigenvalue weighted by molar-refractivity contribution is 5.98. The molecule has 3 unspecified atom stereocenters. The Morgan fingerprint density at radius 3 is 2.87 bits per heavy atom. The molecule has 3 aliphatic rings. The van der Waals surface area contributed by atoms with Crippen LogP contribution in [0.3, 0.4) is 0 Å². The summed E-state index contributed by atoms with van der Waals surface area (Å²) in [6, 6.07) is 11.8. The quantitative estimate of drug-likeness (QED) is 0.499. The summed E-state index contributed by atoms with van der Waals surface area (Å²) in [5.74, 6) is 2.08. The smallest absolute Gasteiger partial charge is 0.251 e. The molecule has 0 aromatic heterocycles. The summed E-state index contributed by atoms with van der Waals surface area (Å²) in [4.78, 5) is 29.4. The molecule has 0 radical (unpaired) electrons. The van der Waals surface area contributed by atoms with E-state index in [2.05, 4.69) is 48.5 Å². The Kier molecular flexibility index (Phi) is 7.32. The Hall–Kier alpha value is -3.55. The lowest BCUT2D eigenvalue weighted by atomic mass is 9.86. The van der Waals surface area contributed by atoms with Crippen LogP contribution in [0.1, 0.15) is 98.3 Å². The normalized spacial score (nSPS) is 22.5. The van der Waals surface area contributed by atoms with Crippen LogP contribution >= 0.6 is 0 Å². The number of hydrogen-bond donors (Lipinski definition) is 3. The molecule has 0 fully saturated rings. The van der Waals surface area contributed by atoms with E-state index in [1.807, 2.05) is 24.3 Å². The van der Waals surface area contributed by atoms with Gasteiger partial charge in [-0.05, 0) is 86.9 Å². The molecule has 3 heterocycles. The minimum absolute atomic E-state index is 0.0511. The number of aryl methyl sites for hydroxylation is 1. The number of carbonyl (C=O) groups excluding carboxylic acids is 2. The van der Waals surface area contributed by atoms with Gasteiger partial charge in [0.15, 0.2) is 5.96 Å². The van der Waals surface area contributed by atoms with Crippen LogP contribution in [-0.4, -0.2) is 36.0 Å². The molecule has 8 heteroatoms. The number of nitrogens with zero attached hydrogens (tertiary/aromatic N) is 1. The van der Waals surface area contributed by atoms with Crippen molar-refractivity contribution in [3.8, 4) is 11.5 Å². The van der Waals surface area contributed by atoms with Crippen molar-refractivity contribution in [2.24, 2.45) is 10.7 Å². The van der Waals surface area contributed by atoms with Gasteiger partial charge in [-0.1, -0.05) is 19.4 Å². The van der Waals surface area contributed by atoms with Gasteiger partial charge in [0.05, 0.1) is 18.7 Å². The van der Waals surface area contributed by atoms with Crippen molar-refractivity contribution in [2.45, 2.75) is 89.3 Å². The molecular formula is C30H38N4O4. The second-order valence-corrected chi connectivity index (χ2v) is 11.4. The van der Waals surface area contributed by atoms with Gasteiger partial charge in [-0.3, -0.25) is 14.9 Å². The Morgan fingerprint density at radius 2 is 2.05 bits per heavy atom. The largest absolute Gasteiger partial charge is 0.493 e. The number of hydrogen-bond acceptors (Lipinski definition) is 6. The van der Waals surface area contributed by atoms with Crippen LogP contribution in [0.15, 0.2) is 41.4 Å². The van der Waals surface area contributed by atoms with Crippen LogP contribution < -0.4 is 25.8 Å². The maximum Gasteiger partial charge on any atom is 0.251 e. The van der Waals surface area contributed by atoms with E-state index in [9.17, 15) is 9.59 Å². The number of amides is 2. The molecular weight excluding hydrogens is 480 g/mol. The molecule has 2 aromatic rings. The topological polar surface area (TPSA) is 115 Å². The second-order valence-electron chi connectivity index (χ2n) is 11.4. The lowest BCUT2D eigenvalue weighted by Gasteiger charge is -2.38. The van der Waals surface area contributed by atoms with Gasteiger partial charge in [0.25, 0.3) is 5.91 Å². The zero-order chi connectivity index (χ0) is 26.9. The van der Waals surface area contributed by atoms with E-state index in [1.54, 1.807) is 0 Å². The third-order valence-electron chi connectivity index (χ3n) is 7.72. The molecule has 0 aliphatic carbocycles. The van der Waals surface area contributed by atoms with Crippen LogP contribution in [0, 0.1) is 0 Å². The Bertz CT molecular complexity index is 1250. The van der Waals surface area contributed by atoms with Gasteiger partial charge in [-0.25, -0.2) is 4.99 Å². The van der Waals surface area contributed by atoms with Gasteiger partial charge in [-0.2, -0.15) is 0 Å². The third kappa shape index (κ3) is 5.95. The predicted molar refractivity (Wildman–Crippen MR) is 147 cm³/mol. The summed E-state index contributed by atoms with van der Waals surface area (Å²) in [5.41, 5.74) is 9.29. The van der Waals surface area contributed by atoms with Crippen molar-refractivity contribution >= 4 is 17.8 Å². The molecule has 2 amide bonds. The van der Waals surface area contributed by atoms with Crippen molar-refractivity contribution in [3.63, 3.8) is 0 Å². The first kappa shape index (κ1) is 26.1. The number of carbonyl (C=O) groups is 2. The molecule has 3 atom stereocenters. The summed E-state index contributed by atoms with van der Waals surface area (Å²) < 4.78 is 12.0. The monoisotopic (exact) mass is 518 g/mol. The molecule has 8 nitrogen and oxygen atoms in total. The number of aliphatic imine (C=N–C) groups is 1. The zero-order valence-electron chi connectivity index (χ0n) is 22.5. The lowest BCUT2D eigenvalue weighted by Crippen LogP contribution is -2.43. The Morgan fingerprint density at radius 1 is 1.24 bits per heavy atom. The minimum atomic E-state index is -0.392. The lowest BCUT2D eigenvalue weighted by molar-refractivity contribution is -0.120. The number of guanidine groups is 1. The highest BCUT2D eigenvalue weighted by Gasteiger charge is 2.35. The number of rotatable bonds is 7. The number of fused-ring (bicyclic) bond motifs is 2. The molecule has 38 heavy (non-hydrogen) atoms. The van der Waals surface area contributed by atoms with E-state index in [0.717, 1.165) is 61.3 Å². The van der Waals surface area contributed by atoms with Gasteiger partial charge < -0.3 is 20.5 Å². The summed E-state index contributed by atoms with van der Waals surface area (Å²) in [6.07, 6.45) is 5.70. The van der Waals surface area contributed by atoms with Crippen molar-refractivity contribution < 1.29 is 19.1 Å². The summed E-state index contributed by atoms with van der Waals surface area (Å²) in [5, 5.41) is 5.84. The zero-order valence-corrected chi connectivity index (χ0v) is 22.5. The molecule has 202 valence electrons. The van der Waals surface area contributed by atoms with Crippen LogP contribution in [0.4, 0.5) is 0 Å². The molecule has 0 saturated carbocycles. The first-order chi connectivity index (χ1) is 18.2. The first-order valence-electron chi connectivity index (χ1n) is 13.7. The van der Waals surface area contributed by atoms with Gasteiger partial charge in [0.1, 0.15) is 17.1 Å². The first-order valence-corrected chi connectivity index (χ1v) is 13.7. The van der Waals surface area contributed by atoms with Crippen LogP contribution in [0.5, 0.6) is 11.5 Å². The standard InChI is InChI=1S/C30H38N4O4/c1-18(6-4-8-22-16-27(35)34-29(31)32-22)19-9-12-26-23(15-19)24(17-30(2,3)38-26)33-28(36)21-10-11-25-20(14-21)7-5-13-37-25/h9-12,14-15,18,22,24H,4-8,13,16-17H2,1-3H3,(H,33,36)(H3,31,32,34,35). The fourth-order valence-corrected chi connectivity index (χ4v) is 5.73. The fraction of sp³-hybridized carbons (Fsp3) is 0.500. The van der Waals surface area contributed by atoms with Crippen LogP contribution in [0.2, 0.25) is 0 Å². The van der Waals surface area contributed by atoms with E-state index in [-0.39, 0.29) is 29.9 Å². The molecule has 2 aromatic carbocycles. The number of nitrogens with one attached hydrogen (secondary N) is 2. The van der Waals surface area contributed by atoms with E-state index in [1.165, 1.54) is 5.56 Å². The summed E-state index contributed by atoms with van der Waals surface area (Å²) >= 11 is 0. The maximum absolute atomic E-state index is 13.3. The summed E-state index contributed by atoms with van der Waals surface area (Å²) in [6.45, 7) is 7.06. The molecule has 0 spiro atoms. The fourth-order valence-electron chi connectivity index (χ4n) is 5.73. The highest BCUT2D eigenvalue weighted by Crippen LogP contribution is 2.41. The molecule has 4 N–H and O–H groups in total. The van der Waals surface area contributed by atoms with Gasteiger partial charge in [0.2, 0.25) is 5.91 Å². The molecule has 5 rings (SSSR count). The van der Waals surface area contributed by atoms with Crippen molar-refractivity contribution in [1.29, 1.82) is 0 Å². The van der Waals surface area contributed by atoms with E-state index in [4.69, 9.17) is 15.2 Å². The third-order valence-corrected chi connectivity index (χ3v) is 7.72. The average Bonchev–Trinajstić information content (AvgIpc) is 2.87. The molecule has 0 saturated heterocycles. The minimum Gasteiger partial charge on any atom is -0.493 e. The Balaban J connectivity index is 1.28. The van der Waals surface area contributed by atoms with E-state index in [0.29, 0.717) is 24.3 Å². The second kappa shape index (κ2) is 10.7. The van der Waals surface area contributed by atoms with Gasteiger partial charge >= 0.3 is 0 Å². The molecule has 0 bridgehead atoms. The van der Waals surface area contributed by atoms with E-state index >= 15 is 0 Å². The van der Waals surface area contributed by atoms with E-state index < -0.39 is 5.60 Å². The van der Waals surface area contributed by atoms with Crippen LogP contribution in [0.25, 0.3) is 0 Å². The van der Waals surface area contributed by atoms with Crippen molar-refractivity contribution in [3.05, 3.63) is 58.7 Å². The Labute approximate surface area is 224 Å². The van der Waals surface area contributed by atoms with Gasteiger partial charge in [0, 0.05) is 24.0 Å². The average molecular weight is 519 g/mol. The number of nitrogens with two attached hydrogens (primary N) is 1. The van der Waals surface area contributed by atoms with Crippen LogP contribution in [-0.2, 0) is 11.2 Å². The summed E-state index contributed by atoms with van der Waals surface area (Å²) in [7, 11) is 0. The maximum atomic E-state index is 13.3. The SMILES string of the molecule is CC(CCCC1CC(=O)NC(N)=N1)c1ccc2c(c1)C(NC(=O)c1ccc3c(c1)CCCO3)CC(C)(C)O2. The van der Waals surface area contributed by atoms with Crippen molar-refractivity contribution in [1.82, 2.24) is 10.6 Å². The van der Waals surface area contributed by atoms with Crippen molar-refractivity contribution in [2.75, 3.05) is 6.61 Å². The predicted octanol–water partition coefficient (Wildman–Crippen LogP) is 4.52. The number of benzene rings is 2. The highest BCUT2D eigenvalue weighted by atomic mass is 16.5. The molecule has 3 aliphatic heterocycles. The van der Waals surface area contributed by atoms with Gasteiger partial charge in [-0.15, -0.1) is 0 Å².